The Morgan fingerprint density at radius 2 is 0.681 bits per heavy atom. The van der Waals surface area contributed by atoms with Gasteiger partial charge in [0, 0.05) is 46.1 Å². The Morgan fingerprint density at radius 1 is 0.426 bits per heavy atom. The first-order valence-corrected chi connectivity index (χ1v) is 17.1. The standard InChI is InChI=1S/C34H52N8O4.ClH/c35-13-5-19-37-15-1-3-17-39-21-7-23-41-31(43)25-9-11-27-30-28(12-10-26(29(25)30)32(41)44)34(46)42(33(27)45)24-8-22-40-18-4-2-16-38-20-6-14-36;/h9-12,37-40H,1-8,13-24,35-36H2;1H. The van der Waals surface area contributed by atoms with Gasteiger partial charge in [-0.25, -0.2) is 0 Å². The third-order valence-electron chi connectivity index (χ3n) is 8.56. The smallest absolute Gasteiger partial charge is 0.261 e. The minimum absolute atomic E-state index is 0. The molecule has 4 rings (SSSR count). The summed E-state index contributed by atoms with van der Waals surface area (Å²) < 4.78 is 0. The molecule has 2 heterocycles. The van der Waals surface area contributed by atoms with Crippen molar-refractivity contribution in [3.8, 4) is 0 Å². The van der Waals surface area contributed by atoms with Crippen molar-refractivity contribution in [2.24, 2.45) is 11.5 Å². The predicted molar refractivity (Wildman–Crippen MR) is 188 cm³/mol. The molecule has 12 nitrogen and oxygen atoms in total. The van der Waals surface area contributed by atoms with E-state index in [1.54, 1.807) is 24.3 Å². The highest BCUT2D eigenvalue weighted by Crippen LogP contribution is 2.37. The molecular formula is C34H53ClN8O4. The number of nitrogens with one attached hydrogen (secondary N) is 4. The maximum atomic E-state index is 13.5. The monoisotopic (exact) mass is 672 g/mol. The number of carbonyl (C=O) groups excluding carboxylic acids is 4. The maximum Gasteiger partial charge on any atom is 0.261 e. The van der Waals surface area contributed by atoms with E-state index in [1.807, 2.05) is 0 Å². The Morgan fingerprint density at radius 3 is 0.957 bits per heavy atom. The largest absolute Gasteiger partial charge is 0.330 e. The minimum atomic E-state index is -0.385. The molecule has 0 spiro atoms. The van der Waals surface area contributed by atoms with Crippen molar-refractivity contribution in [2.75, 3.05) is 78.5 Å². The van der Waals surface area contributed by atoms with Crippen LogP contribution in [0.25, 0.3) is 10.8 Å². The van der Waals surface area contributed by atoms with Crippen molar-refractivity contribution < 1.29 is 19.2 Å². The molecule has 0 aliphatic carbocycles. The van der Waals surface area contributed by atoms with Crippen LogP contribution in [0.1, 0.15) is 92.8 Å². The first-order valence-electron chi connectivity index (χ1n) is 17.1. The highest BCUT2D eigenvalue weighted by atomic mass is 35.5. The fraction of sp³-hybridized carbons (Fsp3) is 0.588. The molecule has 0 atom stereocenters. The van der Waals surface area contributed by atoms with Crippen LogP contribution >= 0.6 is 12.4 Å². The van der Waals surface area contributed by atoms with Crippen LogP contribution in [-0.4, -0.2) is 112 Å². The number of carbonyl (C=O) groups is 4. The lowest BCUT2D eigenvalue weighted by molar-refractivity contribution is 0.0587. The van der Waals surface area contributed by atoms with Crippen LogP contribution in [0.5, 0.6) is 0 Å². The molecule has 8 N–H and O–H groups in total. The summed E-state index contributed by atoms with van der Waals surface area (Å²) >= 11 is 0. The van der Waals surface area contributed by atoms with Gasteiger partial charge in [0.25, 0.3) is 23.6 Å². The van der Waals surface area contributed by atoms with Crippen LogP contribution in [0.3, 0.4) is 0 Å². The number of nitrogens with two attached hydrogens (primary N) is 2. The highest BCUT2D eigenvalue weighted by Gasteiger charge is 2.39. The molecule has 13 heteroatoms. The van der Waals surface area contributed by atoms with E-state index in [0.29, 0.717) is 85.1 Å². The second kappa shape index (κ2) is 20.4. The average Bonchev–Trinajstić information content (AvgIpc) is 3.06. The normalized spacial score (nSPS) is 14.0. The molecule has 2 aliphatic heterocycles. The molecule has 2 aromatic carbocycles. The molecular weight excluding hydrogens is 620 g/mol. The van der Waals surface area contributed by atoms with E-state index in [9.17, 15) is 19.2 Å². The van der Waals surface area contributed by atoms with E-state index in [4.69, 9.17) is 11.5 Å². The van der Waals surface area contributed by atoms with Crippen LogP contribution < -0.4 is 32.7 Å². The van der Waals surface area contributed by atoms with Crippen molar-refractivity contribution in [1.82, 2.24) is 31.1 Å². The number of nitrogens with zero attached hydrogens (tertiary/aromatic N) is 2. The van der Waals surface area contributed by atoms with E-state index in [0.717, 1.165) is 77.8 Å². The molecule has 0 radical (unpaired) electrons. The molecule has 0 unspecified atom stereocenters. The van der Waals surface area contributed by atoms with Crippen LogP contribution in [0.2, 0.25) is 0 Å². The number of rotatable bonds is 24. The van der Waals surface area contributed by atoms with Gasteiger partial charge in [0.05, 0.1) is 0 Å². The van der Waals surface area contributed by atoms with Crippen LogP contribution in [0.4, 0.5) is 0 Å². The van der Waals surface area contributed by atoms with Gasteiger partial charge in [-0.1, -0.05) is 0 Å². The zero-order valence-corrected chi connectivity index (χ0v) is 28.4. The number of unbranched alkanes of at least 4 members (excludes halogenated alkanes) is 2. The number of hydrogen-bond acceptors (Lipinski definition) is 10. The quantitative estimate of drug-likeness (QED) is 0.0713. The molecule has 0 bridgehead atoms. The van der Waals surface area contributed by atoms with Gasteiger partial charge in [0.1, 0.15) is 0 Å². The second-order valence-corrected chi connectivity index (χ2v) is 12.0. The number of benzene rings is 2. The number of hydrogen-bond donors (Lipinski definition) is 6. The summed E-state index contributed by atoms with van der Waals surface area (Å²) in [5.41, 5.74) is 12.4. The van der Waals surface area contributed by atoms with Crippen LogP contribution in [-0.2, 0) is 0 Å². The molecule has 0 fully saturated rings. The van der Waals surface area contributed by atoms with Gasteiger partial charge < -0.3 is 32.7 Å². The van der Waals surface area contributed by atoms with E-state index < -0.39 is 0 Å². The van der Waals surface area contributed by atoms with Gasteiger partial charge in [-0.3, -0.25) is 29.0 Å². The predicted octanol–water partition coefficient (Wildman–Crippen LogP) is 1.85. The van der Waals surface area contributed by atoms with E-state index in [2.05, 4.69) is 21.3 Å². The SMILES string of the molecule is Cl.NCCCNCCCCNCCCN1C(=O)c2ccc3c4c(ccc(c24)C1=O)C(=O)N(CCCNCCCCNCCCN)C3=O. The lowest BCUT2D eigenvalue weighted by atomic mass is 9.86. The first-order chi connectivity index (χ1) is 22.5. The van der Waals surface area contributed by atoms with Crippen molar-refractivity contribution >= 4 is 46.8 Å². The lowest BCUT2D eigenvalue weighted by Gasteiger charge is -2.32. The van der Waals surface area contributed by atoms with E-state index in [1.165, 1.54) is 9.80 Å². The number of halogens is 1. The molecule has 2 aliphatic rings. The Kier molecular flexibility index (Phi) is 16.7. The average molecular weight is 673 g/mol. The summed E-state index contributed by atoms with van der Waals surface area (Å²) in [5.74, 6) is -1.54. The zero-order valence-electron chi connectivity index (χ0n) is 27.5. The van der Waals surface area contributed by atoms with Gasteiger partial charge in [0.15, 0.2) is 0 Å². The summed E-state index contributed by atoms with van der Waals surface area (Å²) in [6.45, 7) is 8.94. The molecule has 47 heavy (non-hydrogen) atoms. The number of imide groups is 2. The van der Waals surface area contributed by atoms with Gasteiger partial charge in [0.2, 0.25) is 0 Å². The van der Waals surface area contributed by atoms with E-state index >= 15 is 0 Å². The molecule has 0 saturated carbocycles. The van der Waals surface area contributed by atoms with Crippen molar-refractivity contribution in [1.29, 1.82) is 0 Å². The van der Waals surface area contributed by atoms with Crippen LogP contribution in [0.15, 0.2) is 24.3 Å². The fourth-order valence-corrected chi connectivity index (χ4v) is 6.06. The summed E-state index contributed by atoms with van der Waals surface area (Å²) in [6, 6.07) is 6.52. The fourth-order valence-electron chi connectivity index (χ4n) is 6.06. The summed E-state index contributed by atoms with van der Waals surface area (Å²) in [5, 5.41) is 14.3. The third kappa shape index (κ3) is 10.0. The Bertz CT molecular complexity index is 1190. The van der Waals surface area contributed by atoms with Crippen molar-refractivity contribution in [3.63, 3.8) is 0 Å². The van der Waals surface area contributed by atoms with Gasteiger partial charge in [-0.05, 0) is 141 Å². The number of amides is 4. The Hall–Kier alpha value is -2.97. The summed E-state index contributed by atoms with van der Waals surface area (Å²) in [4.78, 5) is 56.5. The summed E-state index contributed by atoms with van der Waals surface area (Å²) in [6.07, 6.45) is 7.45. The molecule has 260 valence electrons. The van der Waals surface area contributed by atoms with Gasteiger partial charge in [-0.2, -0.15) is 0 Å². The first kappa shape index (κ1) is 38.5. The summed E-state index contributed by atoms with van der Waals surface area (Å²) in [7, 11) is 0. The molecule has 4 amide bonds. The maximum absolute atomic E-state index is 13.5. The Balaban J connectivity index is 0.00000600. The van der Waals surface area contributed by atoms with Crippen molar-refractivity contribution in [2.45, 2.75) is 51.4 Å². The lowest BCUT2D eigenvalue weighted by Crippen LogP contribution is -2.44. The van der Waals surface area contributed by atoms with E-state index in [-0.39, 0.29) is 36.0 Å². The topological polar surface area (TPSA) is 175 Å². The highest BCUT2D eigenvalue weighted by molar-refractivity contribution is 6.33. The molecule has 2 aromatic rings. The second-order valence-electron chi connectivity index (χ2n) is 12.0. The molecule has 0 aromatic heterocycles. The molecule has 0 saturated heterocycles. The third-order valence-corrected chi connectivity index (χ3v) is 8.56. The zero-order chi connectivity index (χ0) is 32.7. The van der Waals surface area contributed by atoms with Crippen molar-refractivity contribution in [3.05, 3.63) is 46.5 Å². The minimum Gasteiger partial charge on any atom is -0.330 e. The van der Waals surface area contributed by atoms with Gasteiger partial charge >= 0.3 is 0 Å². The van der Waals surface area contributed by atoms with Gasteiger partial charge in [-0.15, -0.1) is 12.4 Å². The van der Waals surface area contributed by atoms with Crippen LogP contribution in [0, 0.1) is 0 Å². The Labute approximate surface area is 284 Å².